The lowest BCUT2D eigenvalue weighted by Crippen LogP contribution is -2.55. The normalized spacial score (nSPS) is 28.0. The molecule has 0 bridgehead atoms. The number of benzene rings is 2. The number of phenols is 2. The van der Waals surface area contributed by atoms with E-state index in [0.29, 0.717) is 0 Å². The summed E-state index contributed by atoms with van der Waals surface area (Å²) in [5, 5.41) is 67.1. The van der Waals surface area contributed by atoms with E-state index in [1.165, 1.54) is 32.4 Å². The van der Waals surface area contributed by atoms with Crippen molar-refractivity contribution in [2.45, 2.75) is 68.5 Å². The van der Waals surface area contributed by atoms with Gasteiger partial charge < -0.3 is 49.8 Å². The maximum Gasteiger partial charge on any atom is 0.202 e. The van der Waals surface area contributed by atoms with E-state index in [1.54, 1.807) is 6.92 Å². The number of ketones is 3. The van der Waals surface area contributed by atoms with E-state index in [4.69, 9.17) is 18.9 Å². The fourth-order valence-electron chi connectivity index (χ4n) is 6.36. The molecule has 1 saturated heterocycles. The molecule has 5 unspecified atom stereocenters. The Labute approximate surface area is 257 Å². The van der Waals surface area contributed by atoms with Crippen molar-refractivity contribution in [2.75, 3.05) is 27.4 Å². The van der Waals surface area contributed by atoms with Gasteiger partial charge in [0.05, 0.1) is 48.2 Å². The largest absolute Gasteiger partial charge is 0.507 e. The van der Waals surface area contributed by atoms with Gasteiger partial charge in [-0.3, -0.25) is 14.4 Å². The van der Waals surface area contributed by atoms with Crippen molar-refractivity contribution >= 4 is 17.3 Å². The third-order valence-electron chi connectivity index (χ3n) is 8.75. The van der Waals surface area contributed by atoms with Gasteiger partial charge in [-0.25, -0.2) is 0 Å². The molecule has 2 aromatic rings. The SMILES string of the molecule is COc1cccc2c1C(=O)c1c(O)c3c(c(O)c1C2=O)C[C@@](O)(C(=O)CO)C[C@@H]3OC1CC(NCC(C#N)OC)C(O)C(C)O1. The van der Waals surface area contributed by atoms with Gasteiger partial charge >= 0.3 is 0 Å². The molecule has 240 valence electrons. The van der Waals surface area contributed by atoms with E-state index in [9.17, 15) is 45.2 Å². The zero-order chi connectivity index (χ0) is 32.8. The van der Waals surface area contributed by atoms with Crippen molar-refractivity contribution in [3.8, 4) is 23.3 Å². The zero-order valence-electron chi connectivity index (χ0n) is 24.8. The smallest absolute Gasteiger partial charge is 0.202 e. The predicted octanol–water partition coefficient (Wildman–Crippen LogP) is 0.171. The molecular formula is C31H34N2O12. The summed E-state index contributed by atoms with van der Waals surface area (Å²) in [7, 11) is 2.68. The highest BCUT2D eigenvalue weighted by Crippen LogP contribution is 2.52. The first-order valence-corrected chi connectivity index (χ1v) is 14.3. The lowest BCUT2D eigenvalue weighted by atomic mass is 9.72. The highest BCUT2D eigenvalue weighted by atomic mass is 16.7. The summed E-state index contributed by atoms with van der Waals surface area (Å²) in [4.78, 5) is 40.2. The van der Waals surface area contributed by atoms with E-state index < -0.39 is 102 Å². The van der Waals surface area contributed by atoms with E-state index in [0.717, 1.165) is 0 Å². The number of nitriles is 1. The third kappa shape index (κ3) is 5.46. The first-order valence-electron chi connectivity index (χ1n) is 14.3. The van der Waals surface area contributed by atoms with Crippen LogP contribution in [0.25, 0.3) is 0 Å². The fourth-order valence-corrected chi connectivity index (χ4v) is 6.36. The number of phenolic OH excluding ortho intramolecular Hbond substituents is 2. The molecule has 2 aliphatic carbocycles. The predicted molar refractivity (Wildman–Crippen MR) is 152 cm³/mol. The maximum absolute atomic E-state index is 13.8. The number of rotatable bonds is 9. The Morgan fingerprint density at radius 2 is 1.89 bits per heavy atom. The van der Waals surface area contributed by atoms with Crippen LogP contribution in [0, 0.1) is 11.3 Å². The molecule has 1 aliphatic heterocycles. The number of aliphatic hydroxyl groups excluding tert-OH is 2. The van der Waals surface area contributed by atoms with Crippen molar-refractivity contribution in [3.63, 3.8) is 0 Å². The van der Waals surface area contributed by atoms with E-state index >= 15 is 0 Å². The van der Waals surface area contributed by atoms with Gasteiger partial charge in [-0.2, -0.15) is 5.26 Å². The third-order valence-corrected chi connectivity index (χ3v) is 8.75. The summed E-state index contributed by atoms with van der Waals surface area (Å²) in [6.45, 7) is 0.616. The van der Waals surface area contributed by atoms with Crippen LogP contribution in [0.5, 0.6) is 17.2 Å². The molecule has 1 heterocycles. The summed E-state index contributed by atoms with van der Waals surface area (Å²) in [6, 6.07) is 5.66. The second kappa shape index (κ2) is 12.5. The number of fused-ring (bicyclic) bond motifs is 3. The zero-order valence-corrected chi connectivity index (χ0v) is 24.8. The second-order valence-electron chi connectivity index (χ2n) is 11.4. The average Bonchev–Trinajstić information content (AvgIpc) is 3.02. The van der Waals surface area contributed by atoms with Crippen LogP contribution in [-0.4, -0.2) is 106 Å². The molecule has 14 heteroatoms. The number of methoxy groups -OCH3 is 2. The first-order chi connectivity index (χ1) is 21.4. The average molecular weight is 627 g/mol. The summed E-state index contributed by atoms with van der Waals surface area (Å²) in [5.41, 5.74) is -3.81. The minimum Gasteiger partial charge on any atom is -0.507 e. The minimum absolute atomic E-state index is 0.00521. The molecule has 0 aromatic heterocycles. The quantitative estimate of drug-likeness (QED) is 0.174. The highest BCUT2D eigenvalue weighted by molar-refractivity contribution is 6.31. The first kappa shape index (κ1) is 32.5. The number of hydrogen-bond acceptors (Lipinski definition) is 14. The lowest BCUT2D eigenvalue weighted by Gasteiger charge is -2.43. The second-order valence-corrected chi connectivity index (χ2v) is 11.4. The van der Waals surface area contributed by atoms with Crippen molar-refractivity contribution in [1.29, 1.82) is 5.26 Å². The molecule has 0 spiro atoms. The number of aromatic hydroxyl groups is 2. The van der Waals surface area contributed by atoms with Crippen molar-refractivity contribution in [1.82, 2.24) is 5.32 Å². The number of nitrogens with zero attached hydrogens (tertiary/aromatic N) is 1. The number of carbonyl (C=O) groups excluding carboxylic acids is 3. The number of Topliss-reactive ketones (excluding diaryl/α,β-unsaturated/α-hetero) is 1. The van der Waals surface area contributed by atoms with Crippen LogP contribution in [0.3, 0.4) is 0 Å². The Balaban J connectivity index is 1.59. The Hall–Kier alpha value is -3.94. The van der Waals surface area contributed by atoms with E-state index in [1.807, 2.05) is 6.07 Å². The van der Waals surface area contributed by atoms with Crippen LogP contribution in [-0.2, 0) is 25.4 Å². The number of hydrogen-bond donors (Lipinski definition) is 6. The van der Waals surface area contributed by atoms with Crippen molar-refractivity contribution < 1.29 is 58.9 Å². The highest BCUT2D eigenvalue weighted by Gasteiger charge is 2.50. The molecule has 5 rings (SSSR count). The van der Waals surface area contributed by atoms with Gasteiger partial charge in [-0.15, -0.1) is 0 Å². The van der Waals surface area contributed by atoms with Crippen LogP contribution in [0.4, 0.5) is 0 Å². The van der Waals surface area contributed by atoms with Crippen LogP contribution < -0.4 is 10.1 Å². The Bertz CT molecular complexity index is 1590. The molecule has 7 atom stereocenters. The number of carbonyl (C=O) groups is 3. The Morgan fingerprint density at radius 3 is 2.53 bits per heavy atom. The number of aliphatic hydroxyl groups is 3. The minimum atomic E-state index is -2.29. The Morgan fingerprint density at radius 1 is 1.18 bits per heavy atom. The van der Waals surface area contributed by atoms with Gasteiger partial charge in [-0.1, -0.05) is 12.1 Å². The molecule has 2 aromatic carbocycles. The van der Waals surface area contributed by atoms with Crippen molar-refractivity contribution in [3.05, 3.63) is 51.6 Å². The van der Waals surface area contributed by atoms with Gasteiger partial charge in [0.1, 0.15) is 29.5 Å². The number of ether oxygens (including phenoxy) is 4. The molecule has 3 aliphatic rings. The summed E-state index contributed by atoms with van der Waals surface area (Å²) in [5.74, 6) is -3.90. The van der Waals surface area contributed by atoms with Crippen molar-refractivity contribution in [2.24, 2.45) is 0 Å². The van der Waals surface area contributed by atoms with E-state index in [-0.39, 0.29) is 41.0 Å². The molecule has 6 N–H and O–H groups in total. The van der Waals surface area contributed by atoms with E-state index in [2.05, 4.69) is 5.32 Å². The maximum atomic E-state index is 13.8. The van der Waals surface area contributed by atoms with Crippen LogP contribution in [0.1, 0.15) is 68.8 Å². The van der Waals surface area contributed by atoms with Gasteiger partial charge in [-0.05, 0) is 13.0 Å². The molecular weight excluding hydrogens is 592 g/mol. The van der Waals surface area contributed by atoms with Crippen LogP contribution >= 0.6 is 0 Å². The summed E-state index contributed by atoms with van der Waals surface area (Å²) in [6.07, 6.45) is -6.23. The molecule has 14 nitrogen and oxygen atoms in total. The molecule has 0 saturated carbocycles. The lowest BCUT2D eigenvalue weighted by molar-refractivity contribution is -0.250. The molecule has 0 radical (unpaired) electrons. The van der Waals surface area contributed by atoms with Gasteiger partial charge in [0.25, 0.3) is 0 Å². The number of nitrogens with one attached hydrogen (secondary N) is 1. The van der Waals surface area contributed by atoms with Gasteiger partial charge in [0.15, 0.2) is 24.0 Å². The standard InChI is InChI=1S/C31H34N2O12/c1-13-26(36)17(33-11-14(10-32)42-2)7-21(44-13)45-19-9-31(41,20(35)12-34)8-16-23(19)30(40)25-24(28(16)38)27(37)15-5-4-6-18(43-3)22(15)29(25)39/h4-6,13-14,17,19,21,26,33-34,36,38,40-41H,7-9,11-12H2,1-3H3/t13?,14?,17?,19-,21?,26?,31-/m0/s1. The summed E-state index contributed by atoms with van der Waals surface area (Å²) >= 11 is 0. The van der Waals surface area contributed by atoms with Crippen LogP contribution in [0.15, 0.2) is 18.2 Å². The van der Waals surface area contributed by atoms with Gasteiger partial charge in [0, 0.05) is 55.6 Å². The van der Waals surface area contributed by atoms with Crippen LogP contribution in [0.2, 0.25) is 0 Å². The molecule has 1 fully saturated rings. The Kier molecular flexibility index (Phi) is 8.98. The van der Waals surface area contributed by atoms with Gasteiger partial charge in [0.2, 0.25) is 5.78 Å². The molecule has 0 amide bonds. The topological polar surface area (TPSA) is 225 Å². The fraction of sp³-hybridized carbons (Fsp3) is 0.484. The molecule has 45 heavy (non-hydrogen) atoms. The monoisotopic (exact) mass is 626 g/mol. The summed E-state index contributed by atoms with van der Waals surface area (Å²) < 4.78 is 22.4.